The van der Waals surface area contributed by atoms with E-state index in [0.29, 0.717) is 18.9 Å². The molecule has 2 atom stereocenters. The molecule has 1 amide bonds. The van der Waals surface area contributed by atoms with Gasteiger partial charge in [0.25, 0.3) is 5.91 Å². The standard InChI is InChI=1S/C26H24F2N3O3P/c1-15-19(4-5-20(24(15)28)26(33,35)13-27)25(32)31-8-9-34-23-7-3-16(10-18(23)12-31)17-2-6-21-22(11-17)30-14-29-21/h2-7,10-11,14,33H,8-9,12-13,35H2,1H3,(H,29,30). The van der Waals surface area contributed by atoms with E-state index in [2.05, 4.69) is 9.97 Å². The molecular formula is C26H24F2N3O3P. The SMILES string of the molecule is Cc1c(C(=O)N2CCOc3ccc(-c4ccc5nc[nH]c5c4)cc3C2)ccc(C(O)(P)CF)c1F. The number of amides is 1. The van der Waals surface area contributed by atoms with Gasteiger partial charge in [0, 0.05) is 23.2 Å². The van der Waals surface area contributed by atoms with Crippen molar-refractivity contribution < 1.29 is 23.4 Å². The summed E-state index contributed by atoms with van der Waals surface area (Å²) in [6.45, 7) is 1.19. The fourth-order valence-electron chi connectivity index (χ4n) is 4.36. The van der Waals surface area contributed by atoms with Crippen molar-refractivity contribution >= 4 is 26.2 Å². The molecule has 5 rings (SSSR count). The number of hydrogen-bond donors (Lipinski definition) is 2. The number of carbonyl (C=O) groups excluding carboxylic acids is 1. The summed E-state index contributed by atoms with van der Waals surface area (Å²) < 4.78 is 34.0. The molecule has 0 bridgehead atoms. The maximum atomic E-state index is 15.0. The average Bonchev–Trinajstić information content (AvgIpc) is 3.22. The largest absolute Gasteiger partial charge is 0.491 e. The summed E-state index contributed by atoms with van der Waals surface area (Å²) in [5.74, 6) is -0.462. The van der Waals surface area contributed by atoms with Crippen molar-refractivity contribution in [2.75, 3.05) is 19.8 Å². The van der Waals surface area contributed by atoms with Gasteiger partial charge in [0.15, 0.2) is 0 Å². The number of ether oxygens (including phenoxy) is 1. The van der Waals surface area contributed by atoms with Crippen molar-refractivity contribution in [1.29, 1.82) is 0 Å². The molecular weight excluding hydrogens is 471 g/mol. The summed E-state index contributed by atoms with van der Waals surface area (Å²) in [6, 6.07) is 14.5. The first-order chi connectivity index (χ1) is 16.8. The Kier molecular flexibility index (Phi) is 6.03. The van der Waals surface area contributed by atoms with Gasteiger partial charge in [0.1, 0.15) is 30.2 Å². The maximum Gasteiger partial charge on any atom is 0.254 e. The molecule has 1 aliphatic heterocycles. The molecule has 0 aliphatic carbocycles. The lowest BCUT2D eigenvalue weighted by Gasteiger charge is -2.24. The lowest BCUT2D eigenvalue weighted by molar-refractivity contribution is 0.0730. The minimum atomic E-state index is -2.04. The third-order valence-corrected chi connectivity index (χ3v) is 6.83. The summed E-state index contributed by atoms with van der Waals surface area (Å²) in [5, 5.41) is 8.08. The number of halogens is 2. The summed E-state index contributed by atoms with van der Waals surface area (Å²) >= 11 is 0. The number of H-pyrrole nitrogens is 1. The number of aliphatic hydroxyl groups is 1. The van der Waals surface area contributed by atoms with Crippen LogP contribution in [0.25, 0.3) is 22.2 Å². The number of nitrogens with zero attached hydrogens (tertiary/aromatic N) is 2. The number of benzene rings is 3. The summed E-state index contributed by atoms with van der Waals surface area (Å²) in [4.78, 5) is 22.4. The predicted octanol–water partition coefficient (Wildman–Crippen LogP) is 4.70. The van der Waals surface area contributed by atoms with Gasteiger partial charge in [-0.05, 0) is 53.9 Å². The molecule has 2 unspecified atom stereocenters. The molecule has 0 spiro atoms. The van der Waals surface area contributed by atoms with Crippen LogP contribution in [0, 0.1) is 12.7 Å². The zero-order valence-corrected chi connectivity index (χ0v) is 20.2. The number of carbonyl (C=O) groups is 1. The van der Waals surface area contributed by atoms with Gasteiger partial charge in [-0.2, -0.15) is 0 Å². The zero-order chi connectivity index (χ0) is 24.7. The molecule has 6 nitrogen and oxygen atoms in total. The smallest absolute Gasteiger partial charge is 0.254 e. The number of rotatable bonds is 4. The van der Waals surface area contributed by atoms with E-state index in [4.69, 9.17) is 4.74 Å². The molecule has 1 aliphatic rings. The third-order valence-electron chi connectivity index (χ3n) is 6.37. The second-order valence-electron chi connectivity index (χ2n) is 8.69. The Balaban J connectivity index is 1.45. The second kappa shape index (κ2) is 9.02. The van der Waals surface area contributed by atoms with Crippen LogP contribution in [-0.4, -0.2) is 45.7 Å². The minimum Gasteiger partial charge on any atom is -0.491 e. The number of imidazole rings is 1. The first-order valence-electron chi connectivity index (χ1n) is 11.1. The molecule has 3 aromatic carbocycles. The lowest BCUT2D eigenvalue weighted by atomic mass is 9.99. The van der Waals surface area contributed by atoms with E-state index < -0.39 is 17.8 Å². The summed E-state index contributed by atoms with van der Waals surface area (Å²) in [7, 11) is 1.91. The van der Waals surface area contributed by atoms with Crippen LogP contribution in [0.5, 0.6) is 5.75 Å². The monoisotopic (exact) mass is 495 g/mol. The molecule has 180 valence electrons. The predicted molar refractivity (Wildman–Crippen MR) is 132 cm³/mol. The highest BCUT2D eigenvalue weighted by Gasteiger charge is 2.30. The molecule has 0 radical (unpaired) electrons. The summed E-state index contributed by atoms with van der Waals surface area (Å²) in [5.41, 5.74) is 4.63. The fraction of sp³-hybridized carbons (Fsp3) is 0.231. The van der Waals surface area contributed by atoms with Gasteiger partial charge in [0.2, 0.25) is 0 Å². The van der Waals surface area contributed by atoms with Gasteiger partial charge in [-0.1, -0.05) is 27.4 Å². The van der Waals surface area contributed by atoms with Gasteiger partial charge in [0.05, 0.1) is 23.9 Å². The van der Waals surface area contributed by atoms with Crippen molar-refractivity contribution in [3.05, 3.63) is 82.9 Å². The highest BCUT2D eigenvalue weighted by atomic mass is 31.0. The number of alkyl halides is 1. The van der Waals surface area contributed by atoms with Gasteiger partial charge < -0.3 is 19.7 Å². The number of aromatic amines is 1. The molecule has 9 heteroatoms. The molecule has 0 saturated heterocycles. The van der Waals surface area contributed by atoms with Crippen LogP contribution >= 0.6 is 9.24 Å². The molecule has 35 heavy (non-hydrogen) atoms. The Morgan fingerprint density at radius 2 is 2.00 bits per heavy atom. The molecule has 4 aromatic rings. The highest BCUT2D eigenvalue weighted by Crippen LogP contribution is 2.34. The number of fused-ring (bicyclic) bond motifs is 2. The van der Waals surface area contributed by atoms with Gasteiger partial charge in [-0.25, -0.2) is 13.8 Å². The van der Waals surface area contributed by atoms with E-state index >= 15 is 0 Å². The molecule has 2 N–H and O–H groups in total. The topological polar surface area (TPSA) is 78.5 Å². The van der Waals surface area contributed by atoms with Gasteiger partial charge in [-0.3, -0.25) is 4.79 Å². The van der Waals surface area contributed by atoms with Crippen LogP contribution in [0.4, 0.5) is 8.78 Å². The molecule has 2 heterocycles. The second-order valence-corrected chi connectivity index (χ2v) is 9.64. The first-order valence-corrected chi connectivity index (χ1v) is 11.7. The van der Waals surface area contributed by atoms with E-state index in [1.54, 1.807) is 11.2 Å². The molecule has 0 saturated carbocycles. The van der Waals surface area contributed by atoms with Crippen molar-refractivity contribution in [3.63, 3.8) is 0 Å². The van der Waals surface area contributed by atoms with Crippen LogP contribution in [-0.2, 0) is 11.9 Å². The Morgan fingerprint density at radius 1 is 1.23 bits per heavy atom. The number of aromatic nitrogens is 2. The Hall–Kier alpha value is -3.35. The van der Waals surface area contributed by atoms with E-state index in [0.717, 1.165) is 27.7 Å². The van der Waals surface area contributed by atoms with E-state index in [1.165, 1.54) is 19.1 Å². The van der Waals surface area contributed by atoms with Crippen LogP contribution in [0.3, 0.4) is 0 Å². The van der Waals surface area contributed by atoms with Crippen molar-refractivity contribution in [3.8, 4) is 16.9 Å². The van der Waals surface area contributed by atoms with Crippen molar-refractivity contribution in [2.24, 2.45) is 0 Å². The molecule has 1 aromatic heterocycles. The van der Waals surface area contributed by atoms with Crippen molar-refractivity contribution in [2.45, 2.75) is 18.8 Å². The molecule has 0 fully saturated rings. The Bertz CT molecular complexity index is 1440. The van der Waals surface area contributed by atoms with Gasteiger partial charge in [-0.15, -0.1) is 0 Å². The zero-order valence-electron chi connectivity index (χ0n) is 19.0. The normalized spacial score (nSPS) is 15.3. The lowest BCUT2D eigenvalue weighted by Crippen LogP contribution is -2.33. The fourth-order valence-corrected chi connectivity index (χ4v) is 4.58. The third kappa shape index (κ3) is 4.28. The highest BCUT2D eigenvalue weighted by molar-refractivity contribution is 7.18. The minimum absolute atomic E-state index is 0.0637. The van der Waals surface area contributed by atoms with Crippen molar-refractivity contribution in [1.82, 2.24) is 14.9 Å². The van der Waals surface area contributed by atoms with Crippen LogP contribution in [0.15, 0.2) is 54.9 Å². The number of nitrogens with one attached hydrogen (secondary N) is 1. The average molecular weight is 495 g/mol. The van der Waals surface area contributed by atoms with E-state index in [1.807, 2.05) is 45.6 Å². The maximum absolute atomic E-state index is 15.0. The first kappa shape index (κ1) is 23.4. The van der Waals surface area contributed by atoms with Crippen LogP contribution in [0.2, 0.25) is 0 Å². The van der Waals surface area contributed by atoms with Gasteiger partial charge >= 0.3 is 0 Å². The Morgan fingerprint density at radius 3 is 2.80 bits per heavy atom. The van der Waals surface area contributed by atoms with E-state index in [-0.39, 0.29) is 29.1 Å². The van der Waals surface area contributed by atoms with E-state index in [9.17, 15) is 18.7 Å². The van der Waals surface area contributed by atoms with Crippen LogP contribution in [0.1, 0.15) is 27.0 Å². The summed E-state index contributed by atoms with van der Waals surface area (Å²) in [6.07, 6.45) is 1.65. The quantitative estimate of drug-likeness (QED) is 0.403. The van der Waals surface area contributed by atoms with Crippen LogP contribution < -0.4 is 4.74 Å². The Labute approximate surface area is 203 Å². The number of hydrogen-bond acceptors (Lipinski definition) is 4.